The van der Waals surface area contributed by atoms with E-state index in [1.54, 1.807) is 23.0 Å². The molecule has 0 unspecified atom stereocenters. The second kappa shape index (κ2) is 8.33. The third kappa shape index (κ3) is 4.80. The predicted octanol–water partition coefficient (Wildman–Crippen LogP) is 3.97. The Kier molecular flexibility index (Phi) is 5.48. The van der Waals surface area contributed by atoms with Crippen LogP contribution in [0.2, 0.25) is 0 Å². The molecule has 2 N–H and O–H groups in total. The molecule has 2 atom stereocenters. The molecule has 174 valence electrons. The Morgan fingerprint density at radius 2 is 2.06 bits per heavy atom. The summed E-state index contributed by atoms with van der Waals surface area (Å²) in [6.07, 6.45) is 0.180. The molecule has 2 aliphatic rings. The molecule has 0 aromatic carbocycles. The van der Waals surface area contributed by atoms with Crippen molar-refractivity contribution in [2.45, 2.75) is 38.5 Å². The Bertz CT molecular complexity index is 1190. The van der Waals surface area contributed by atoms with Gasteiger partial charge in [0, 0.05) is 42.5 Å². The number of amides is 1. The summed E-state index contributed by atoms with van der Waals surface area (Å²) in [6.45, 7) is 2.09. The molecule has 1 saturated heterocycles. The zero-order chi connectivity index (χ0) is 23.2. The number of aromatic nitrogens is 3. The van der Waals surface area contributed by atoms with Crippen LogP contribution in [0.1, 0.15) is 25.0 Å². The van der Waals surface area contributed by atoms with Crippen LogP contribution in [0.4, 0.5) is 19.0 Å². The van der Waals surface area contributed by atoms with Crippen molar-refractivity contribution in [1.82, 2.24) is 19.9 Å². The van der Waals surface area contributed by atoms with Gasteiger partial charge in [0.05, 0.1) is 17.6 Å². The number of fused-ring (bicyclic) bond motifs is 1. The van der Waals surface area contributed by atoms with Crippen molar-refractivity contribution < 1.29 is 22.7 Å². The number of ether oxygens (including phenoxy) is 1. The van der Waals surface area contributed by atoms with Gasteiger partial charge in [0.1, 0.15) is 11.9 Å². The maximum Gasteiger partial charge on any atom is 0.393 e. The molecule has 10 heteroatoms. The molecule has 4 heterocycles. The quantitative estimate of drug-likeness (QED) is 0.604. The standard InChI is InChI=1S/C23H24F3N5O2/c1-13-6-19(20(12-28-13)33-18-8-16(10-27-11-18)23(24,25)26)15-4-5-31-17(7-15)9-21(30-31)29-22(32)14-2-3-14/h4-7,9,12,14,16,18,27H,2-3,8,10-11H2,1H3,(H,29,30,32)/t16-,18+/m1/s1. The van der Waals surface area contributed by atoms with Crippen LogP contribution >= 0.6 is 0 Å². The molecule has 1 amide bonds. The average Bonchev–Trinajstić information content (AvgIpc) is 3.55. The molecule has 0 bridgehead atoms. The Hall–Kier alpha value is -3.14. The van der Waals surface area contributed by atoms with E-state index in [-0.39, 0.29) is 24.8 Å². The van der Waals surface area contributed by atoms with E-state index in [0.29, 0.717) is 18.1 Å². The van der Waals surface area contributed by atoms with Crippen molar-refractivity contribution in [2.24, 2.45) is 11.8 Å². The number of carbonyl (C=O) groups excluding carboxylic acids is 1. The van der Waals surface area contributed by atoms with E-state index in [4.69, 9.17) is 4.74 Å². The van der Waals surface area contributed by atoms with Gasteiger partial charge in [-0.15, -0.1) is 0 Å². The highest BCUT2D eigenvalue weighted by atomic mass is 19.4. The summed E-state index contributed by atoms with van der Waals surface area (Å²) in [7, 11) is 0. The minimum Gasteiger partial charge on any atom is -0.487 e. The van der Waals surface area contributed by atoms with Gasteiger partial charge in [0.2, 0.25) is 5.91 Å². The van der Waals surface area contributed by atoms with Crippen molar-refractivity contribution in [1.29, 1.82) is 0 Å². The number of piperidine rings is 1. The first-order valence-corrected chi connectivity index (χ1v) is 11.0. The fourth-order valence-corrected chi connectivity index (χ4v) is 4.08. The average molecular weight is 459 g/mol. The molecule has 1 aliphatic carbocycles. The zero-order valence-electron chi connectivity index (χ0n) is 18.0. The van der Waals surface area contributed by atoms with Gasteiger partial charge in [0.15, 0.2) is 5.82 Å². The van der Waals surface area contributed by atoms with E-state index < -0.39 is 18.2 Å². The number of carbonyl (C=O) groups is 1. The lowest BCUT2D eigenvalue weighted by Crippen LogP contribution is -2.47. The van der Waals surface area contributed by atoms with Crippen molar-refractivity contribution in [2.75, 3.05) is 18.4 Å². The zero-order valence-corrected chi connectivity index (χ0v) is 18.0. The number of aryl methyl sites for hydroxylation is 1. The lowest BCUT2D eigenvalue weighted by Gasteiger charge is -2.32. The second-order valence-corrected chi connectivity index (χ2v) is 8.77. The third-order valence-electron chi connectivity index (χ3n) is 6.04. The van der Waals surface area contributed by atoms with Crippen molar-refractivity contribution in [3.63, 3.8) is 0 Å². The van der Waals surface area contributed by atoms with Gasteiger partial charge in [-0.25, -0.2) is 4.52 Å². The number of halogens is 3. The predicted molar refractivity (Wildman–Crippen MR) is 116 cm³/mol. The minimum absolute atomic E-state index is 0.0164. The lowest BCUT2D eigenvalue weighted by molar-refractivity contribution is -0.184. The summed E-state index contributed by atoms with van der Waals surface area (Å²) in [5.74, 6) is -0.460. The fraction of sp³-hybridized carbons (Fsp3) is 0.435. The molecule has 2 fully saturated rings. The van der Waals surface area contributed by atoms with Gasteiger partial charge in [-0.1, -0.05) is 0 Å². The Labute approximate surface area is 188 Å². The lowest BCUT2D eigenvalue weighted by atomic mass is 9.97. The number of nitrogens with one attached hydrogen (secondary N) is 2. The Morgan fingerprint density at radius 1 is 1.24 bits per heavy atom. The molecule has 3 aromatic rings. The van der Waals surface area contributed by atoms with Crippen LogP contribution in [-0.4, -0.2) is 45.9 Å². The largest absolute Gasteiger partial charge is 0.487 e. The molecular weight excluding hydrogens is 435 g/mol. The van der Waals surface area contributed by atoms with Gasteiger partial charge < -0.3 is 15.4 Å². The summed E-state index contributed by atoms with van der Waals surface area (Å²) < 4.78 is 47.2. The third-order valence-corrected chi connectivity index (χ3v) is 6.04. The molecule has 7 nitrogen and oxygen atoms in total. The highest BCUT2D eigenvalue weighted by molar-refractivity contribution is 5.93. The number of pyridine rings is 2. The highest BCUT2D eigenvalue weighted by Gasteiger charge is 2.43. The normalized spacial score (nSPS) is 21.2. The van der Waals surface area contributed by atoms with Gasteiger partial charge >= 0.3 is 6.18 Å². The van der Waals surface area contributed by atoms with Gasteiger partial charge in [0.25, 0.3) is 0 Å². The van der Waals surface area contributed by atoms with Gasteiger partial charge in [-0.3, -0.25) is 9.78 Å². The number of nitrogens with zero attached hydrogens (tertiary/aromatic N) is 3. The monoisotopic (exact) mass is 459 g/mol. The molecule has 33 heavy (non-hydrogen) atoms. The van der Waals surface area contributed by atoms with Crippen molar-refractivity contribution in [3.05, 3.63) is 42.4 Å². The summed E-state index contributed by atoms with van der Waals surface area (Å²) in [5, 5.41) is 10.1. The van der Waals surface area contributed by atoms with Crippen LogP contribution in [0.25, 0.3) is 16.6 Å². The van der Waals surface area contributed by atoms with Crippen LogP contribution in [0.5, 0.6) is 5.75 Å². The minimum atomic E-state index is -4.26. The smallest absolute Gasteiger partial charge is 0.393 e. The molecule has 0 spiro atoms. The van der Waals surface area contributed by atoms with Gasteiger partial charge in [-0.05, 0) is 49.9 Å². The van der Waals surface area contributed by atoms with Crippen molar-refractivity contribution >= 4 is 17.2 Å². The topological polar surface area (TPSA) is 80.5 Å². The van der Waals surface area contributed by atoms with Crippen molar-refractivity contribution in [3.8, 4) is 16.9 Å². The summed E-state index contributed by atoms with van der Waals surface area (Å²) in [5.41, 5.74) is 3.09. The number of anilines is 1. The fourth-order valence-electron chi connectivity index (χ4n) is 4.08. The summed E-state index contributed by atoms with van der Waals surface area (Å²) >= 11 is 0. The van der Waals surface area contributed by atoms with E-state index in [1.807, 2.05) is 25.1 Å². The Balaban J connectivity index is 1.40. The number of hydrogen-bond acceptors (Lipinski definition) is 5. The first-order chi connectivity index (χ1) is 15.8. The van der Waals surface area contributed by atoms with Crippen LogP contribution in [0.3, 0.4) is 0 Å². The first kappa shape index (κ1) is 21.7. The van der Waals surface area contributed by atoms with Crippen LogP contribution in [-0.2, 0) is 4.79 Å². The molecule has 5 rings (SSSR count). The second-order valence-electron chi connectivity index (χ2n) is 8.77. The Morgan fingerprint density at radius 3 is 2.82 bits per heavy atom. The van der Waals surface area contributed by atoms with E-state index in [0.717, 1.165) is 35.2 Å². The van der Waals surface area contributed by atoms with Crippen LogP contribution < -0.4 is 15.4 Å². The van der Waals surface area contributed by atoms with E-state index in [9.17, 15) is 18.0 Å². The first-order valence-electron chi connectivity index (χ1n) is 11.0. The molecule has 0 radical (unpaired) electrons. The van der Waals surface area contributed by atoms with Crippen LogP contribution in [0, 0.1) is 18.8 Å². The van der Waals surface area contributed by atoms with E-state index in [2.05, 4.69) is 20.7 Å². The SMILES string of the molecule is Cc1cc(-c2ccn3nc(NC(=O)C4CC4)cc3c2)c(O[C@@H]2CNC[C@H](C(F)(F)F)C2)cn1. The maximum atomic E-state index is 13.2. The molecule has 3 aromatic heterocycles. The summed E-state index contributed by atoms with van der Waals surface area (Å²) in [6, 6.07) is 7.40. The maximum absolute atomic E-state index is 13.2. The number of alkyl halides is 3. The number of rotatable bonds is 5. The molecule has 1 saturated carbocycles. The molecule has 1 aliphatic heterocycles. The highest BCUT2D eigenvalue weighted by Crippen LogP contribution is 2.36. The van der Waals surface area contributed by atoms with E-state index in [1.165, 1.54) is 0 Å². The van der Waals surface area contributed by atoms with E-state index >= 15 is 0 Å². The van der Waals surface area contributed by atoms with Gasteiger partial charge in [-0.2, -0.15) is 18.3 Å². The summed E-state index contributed by atoms with van der Waals surface area (Å²) in [4.78, 5) is 16.3. The van der Waals surface area contributed by atoms with Crippen LogP contribution in [0.15, 0.2) is 36.7 Å². The molecular formula is C23H24F3N5O2. The number of hydrogen-bond donors (Lipinski definition) is 2.